The highest BCUT2D eigenvalue weighted by Crippen LogP contribution is 2.19. The fourth-order valence-electron chi connectivity index (χ4n) is 3.57. The van der Waals surface area contributed by atoms with Gasteiger partial charge in [-0.25, -0.2) is 0 Å². The molecule has 152 valence electrons. The Labute approximate surface area is 167 Å². The van der Waals surface area contributed by atoms with Crippen molar-refractivity contribution >= 4 is 36.6 Å². The molecule has 26 heavy (non-hydrogen) atoms. The van der Waals surface area contributed by atoms with E-state index in [9.17, 15) is 9.59 Å². The van der Waals surface area contributed by atoms with Crippen LogP contribution >= 0.6 is 24.8 Å². The summed E-state index contributed by atoms with van der Waals surface area (Å²) in [7, 11) is 0. The molecule has 2 amide bonds. The number of nitrogens with zero attached hydrogens (tertiary/aromatic N) is 3. The van der Waals surface area contributed by atoms with Crippen LogP contribution in [0.1, 0.15) is 12.8 Å². The summed E-state index contributed by atoms with van der Waals surface area (Å²) in [6.45, 7) is 6.92. The molecule has 0 aromatic carbocycles. The maximum absolute atomic E-state index is 13.0. The van der Waals surface area contributed by atoms with E-state index in [1.807, 2.05) is 4.90 Å². The third kappa shape index (κ3) is 5.68. The number of nitrogens with two attached hydrogens (primary N) is 1. The van der Waals surface area contributed by atoms with Gasteiger partial charge in [-0.1, -0.05) is 0 Å². The number of likely N-dealkylation sites (tertiary alicyclic amines) is 1. The Hall–Kier alpha value is -0.640. The van der Waals surface area contributed by atoms with Gasteiger partial charge < -0.3 is 25.0 Å². The molecule has 3 saturated heterocycles. The minimum absolute atomic E-state index is 0. The lowest BCUT2D eigenvalue weighted by Gasteiger charge is -2.36. The van der Waals surface area contributed by atoms with E-state index in [-0.39, 0.29) is 36.6 Å². The molecule has 0 radical (unpaired) electrons. The van der Waals surface area contributed by atoms with Crippen molar-refractivity contribution in [3.63, 3.8) is 0 Å². The molecule has 10 heteroatoms. The number of halogens is 2. The molecular weight excluding hydrogens is 383 g/mol. The van der Waals surface area contributed by atoms with Crippen molar-refractivity contribution in [2.75, 3.05) is 65.7 Å². The van der Waals surface area contributed by atoms with Crippen molar-refractivity contribution < 1.29 is 19.1 Å². The van der Waals surface area contributed by atoms with Crippen LogP contribution in [0.4, 0.5) is 0 Å². The van der Waals surface area contributed by atoms with E-state index in [1.165, 1.54) is 0 Å². The number of hydrogen-bond donors (Lipinski definition) is 1. The second-order valence-corrected chi connectivity index (χ2v) is 6.62. The van der Waals surface area contributed by atoms with Crippen LogP contribution in [0.25, 0.3) is 0 Å². The lowest BCUT2D eigenvalue weighted by molar-refractivity contribution is -0.147. The maximum Gasteiger partial charge on any atom is 0.245 e. The van der Waals surface area contributed by atoms with E-state index in [0.29, 0.717) is 45.7 Å². The summed E-state index contributed by atoms with van der Waals surface area (Å²) in [5.74, 6) is -0.0578. The normalized spacial score (nSPS) is 25.4. The van der Waals surface area contributed by atoms with Gasteiger partial charge >= 0.3 is 0 Å². The standard InChI is InChI=1S/C16H28N4O4.2ClH/c17-13-1-4-20(15(13)21)14(2-3-18-5-9-23-10-6-18)16(22)19-7-11-24-12-8-19;;/h13-14H,1-12,17H2;2*1H/t13-,14-;;/m0../s1. The molecular formula is C16H30Cl2N4O4. The van der Waals surface area contributed by atoms with Crippen molar-refractivity contribution in [3.8, 4) is 0 Å². The molecule has 3 fully saturated rings. The lowest BCUT2D eigenvalue weighted by Crippen LogP contribution is -2.54. The molecule has 3 rings (SSSR count). The predicted molar refractivity (Wildman–Crippen MR) is 102 cm³/mol. The van der Waals surface area contributed by atoms with Gasteiger partial charge in [-0.15, -0.1) is 24.8 Å². The van der Waals surface area contributed by atoms with Gasteiger partial charge in [-0.05, 0) is 12.8 Å². The SMILES string of the molecule is Cl.Cl.N[C@H]1CCN([C@@H](CCN2CCOCC2)C(=O)N2CCOCC2)C1=O. The Kier molecular flexibility index (Phi) is 10.1. The van der Waals surface area contributed by atoms with Crippen LogP contribution in [0.3, 0.4) is 0 Å². The minimum Gasteiger partial charge on any atom is -0.379 e. The molecule has 2 N–H and O–H groups in total. The third-order valence-electron chi connectivity index (χ3n) is 5.09. The zero-order valence-electron chi connectivity index (χ0n) is 15.0. The first-order chi connectivity index (χ1) is 11.7. The van der Waals surface area contributed by atoms with Crippen molar-refractivity contribution in [2.24, 2.45) is 5.73 Å². The Morgan fingerprint density at radius 2 is 1.62 bits per heavy atom. The lowest BCUT2D eigenvalue weighted by atomic mass is 10.1. The summed E-state index contributed by atoms with van der Waals surface area (Å²) < 4.78 is 10.7. The largest absolute Gasteiger partial charge is 0.379 e. The highest BCUT2D eigenvalue weighted by molar-refractivity contribution is 5.91. The number of carbonyl (C=O) groups excluding carboxylic acids is 2. The molecule has 0 aromatic heterocycles. The molecule has 2 atom stereocenters. The highest BCUT2D eigenvalue weighted by Gasteiger charge is 2.39. The second kappa shape index (κ2) is 11.3. The summed E-state index contributed by atoms with van der Waals surface area (Å²) in [5.41, 5.74) is 5.86. The van der Waals surface area contributed by atoms with E-state index >= 15 is 0 Å². The van der Waals surface area contributed by atoms with E-state index in [4.69, 9.17) is 15.2 Å². The first-order valence-corrected chi connectivity index (χ1v) is 8.89. The van der Waals surface area contributed by atoms with Crippen LogP contribution in [0, 0.1) is 0 Å². The number of rotatable bonds is 5. The Morgan fingerprint density at radius 1 is 1.04 bits per heavy atom. The monoisotopic (exact) mass is 412 g/mol. The molecule has 0 aliphatic carbocycles. The second-order valence-electron chi connectivity index (χ2n) is 6.62. The van der Waals surface area contributed by atoms with Gasteiger partial charge in [0.1, 0.15) is 6.04 Å². The summed E-state index contributed by atoms with van der Waals surface area (Å²) in [6, 6.07) is -0.875. The predicted octanol–water partition coefficient (Wildman–Crippen LogP) is -0.661. The van der Waals surface area contributed by atoms with E-state index in [0.717, 1.165) is 32.8 Å². The van der Waals surface area contributed by atoms with Crippen LogP contribution in [-0.4, -0.2) is 104 Å². The fourth-order valence-corrected chi connectivity index (χ4v) is 3.57. The highest BCUT2D eigenvalue weighted by atomic mass is 35.5. The molecule has 0 unspecified atom stereocenters. The molecule has 0 saturated carbocycles. The molecule has 8 nitrogen and oxygen atoms in total. The first-order valence-electron chi connectivity index (χ1n) is 8.89. The third-order valence-corrected chi connectivity index (χ3v) is 5.09. The number of amides is 2. The van der Waals surface area contributed by atoms with Crippen molar-refractivity contribution in [2.45, 2.75) is 24.9 Å². The molecule has 0 aromatic rings. The van der Waals surface area contributed by atoms with E-state index in [1.54, 1.807) is 4.90 Å². The fraction of sp³-hybridized carbons (Fsp3) is 0.875. The average molecular weight is 413 g/mol. The van der Waals surface area contributed by atoms with Crippen molar-refractivity contribution in [3.05, 3.63) is 0 Å². The molecule has 0 bridgehead atoms. The summed E-state index contributed by atoms with van der Waals surface area (Å²) in [5, 5.41) is 0. The van der Waals surface area contributed by atoms with Crippen molar-refractivity contribution in [1.82, 2.24) is 14.7 Å². The molecule has 0 spiro atoms. The number of carbonyl (C=O) groups is 2. The number of morpholine rings is 2. The zero-order valence-corrected chi connectivity index (χ0v) is 16.6. The van der Waals surface area contributed by atoms with Crippen LogP contribution in [0.2, 0.25) is 0 Å². The van der Waals surface area contributed by atoms with Gasteiger partial charge in [0.25, 0.3) is 0 Å². The Balaban J connectivity index is 0.00000169. The summed E-state index contributed by atoms with van der Waals surface area (Å²) >= 11 is 0. The van der Waals surface area contributed by atoms with E-state index in [2.05, 4.69) is 4.90 Å². The smallest absolute Gasteiger partial charge is 0.245 e. The summed E-state index contributed by atoms with van der Waals surface area (Å²) in [4.78, 5) is 31.2. The van der Waals surface area contributed by atoms with Crippen LogP contribution in [0.15, 0.2) is 0 Å². The maximum atomic E-state index is 13.0. The van der Waals surface area contributed by atoms with Crippen LogP contribution in [-0.2, 0) is 19.1 Å². The quantitative estimate of drug-likeness (QED) is 0.644. The van der Waals surface area contributed by atoms with Gasteiger partial charge in [-0.3, -0.25) is 14.5 Å². The summed E-state index contributed by atoms with van der Waals surface area (Å²) in [6.07, 6.45) is 1.28. The minimum atomic E-state index is -0.464. The van der Waals surface area contributed by atoms with Crippen LogP contribution < -0.4 is 5.73 Å². The van der Waals surface area contributed by atoms with Gasteiger partial charge in [0.15, 0.2) is 0 Å². The van der Waals surface area contributed by atoms with Gasteiger partial charge in [0.05, 0.1) is 32.5 Å². The first kappa shape index (κ1) is 23.4. The van der Waals surface area contributed by atoms with Crippen LogP contribution in [0.5, 0.6) is 0 Å². The van der Waals surface area contributed by atoms with Gasteiger partial charge in [-0.2, -0.15) is 0 Å². The zero-order chi connectivity index (χ0) is 16.9. The Morgan fingerprint density at radius 3 is 2.15 bits per heavy atom. The Bertz CT molecular complexity index is 460. The van der Waals surface area contributed by atoms with Gasteiger partial charge in [0, 0.05) is 39.3 Å². The molecule has 3 aliphatic rings. The number of hydrogen-bond acceptors (Lipinski definition) is 6. The van der Waals surface area contributed by atoms with E-state index < -0.39 is 12.1 Å². The van der Waals surface area contributed by atoms with Crippen molar-refractivity contribution in [1.29, 1.82) is 0 Å². The molecule has 3 aliphatic heterocycles. The molecule has 3 heterocycles. The van der Waals surface area contributed by atoms with Gasteiger partial charge in [0.2, 0.25) is 11.8 Å². The topological polar surface area (TPSA) is 88.3 Å². The average Bonchev–Trinajstić information content (AvgIpc) is 2.96. The number of ether oxygens (including phenoxy) is 2.